The fourth-order valence-electron chi connectivity index (χ4n) is 3.78. The third-order valence-corrected chi connectivity index (χ3v) is 5.53. The number of carbonyl (C=O) groups is 3. The van der Waals surface area contributed by atoms with Gasteiger partial charge in [0.05, 0.1) is 0 Å². The van der Waals surface area contributed by atoms with Gasteiger partial charge in [0.25, 0.3) is 0 Å². The lowest BCUT2D eigenvalue weighted by Gasteiger charge is -2.43. The van der Waals surface area contributed by atoms with Gasteiger partial charge in [-0.15, -0.1) is 0 Å². The van der Waals surface area contributed by atoms with Gasteiger partial charge in [-0.2, -0.15) is 0 Å². The van der Waals surface area contributed by atoms with E-state index in [1.165, 1.54) is 0 Å². The summed E-state index contributed by atoms with van der Waals surface area (Å²) in [5, 5.41) is 5.72. The molecule has 1 aromatic rings. The minimum Gasteiger partial charge on any atom is -0.444 e. The number of nitrogens with one attached hydrogen (secondary N) is 2. The molecule has 0 heterocycles. The predicted octanol–water partition coefficient (Wildman–Crippen LogP) is 5.19. The van der Waals surface area contributed by atoms with E-state index in [9.17, 15) is 14.4 Å². The zero-order valence-corrected chi connectivity index (χ0v) is 23.0. The Morgan fingerprint density at radius 3 is 2.03 bits per heavy atom. The van der Waals surface area contributed by atoms with E-state index < -0.39 is 29.3 Å². The number of hydrogen-bond donors (Lipinski definition) is 2. The first-order valence-electron chi connectivity index (χ1n) is 12.2. The van der Waals surface area contributed by atoms with E-state index in [0.29, 0.717) is 0 Å². The van der Waals surface area contributed by atoms with Crippen molar-refractivity contribution in [2.75, 3.05) is 0 Å². The molecule has 3 amide bonds. The maximum atomic E-state index is 13.7. The summed E-state index contributed by atoms with van der Waals surface area (Å²) in [6, 6.07) is 4.06. The van der Waals surface area contributed by atoms with Crippen molar-refractivity contribution in [1.29, 1.82) is 0 Å². The van der Waals surface area contributed by atoms with E-state index in [-0.39, 0.29) is 17.9 Å². The number of rotatable bonds is 8. The molecule has 0 aliphatic rings. The molecule has 7 heteroatoms. The SMILES string of the molecule is CCCC(C)NC(=O)C(c1ccc(C)c(C)c1)N(C(=O)C(C)NC(=O)OC(C)(C)C)C(C)(C)C. The summed E-state index contributed by atoms with van der Waals surface area (Å²) in [7, 11) is 0. The number of nitrogens with zero attached hydrogens (tertiary/aromatic N) is 1. The van der Waals surface area contributed by atoms with Gasteiger partial charge in [0.15, 0.2) is 0 Å². The van der Waals surface area contributed by atoms with Crippen LogP contribution in [0.1, 0.15) is 97.9 Å². The highest BCUT2D eigenvalue weighted by molar-refractivity contribution is 5.92. The summed E-state index contributed by atoms with van der Waals surface area (Å²) in [5.41, 5.74) is 1.50. The fraction of sp³-hybridized carbons (Fsp3) is 0.667. The second kappa shape index (κ2) is 11.7. The van der Waals surface area contributed by atoms with Gasteiger partial charge in [0.1, 0.15) is 17.7 Å². The summed E-state index contributed by atoms with van der Waals surface area (Å²) in [4.78, 5) is 41.3. The monoisotopic (exact) mass is 475 g/mol. The molecule has 2 N–H and O–H groups in total. The summed E-state index contributed by atoms with van der Waals surface area (Å²) in [6.07, 6.45) is 1.10. The Labute approximate surface area is 206 Å². The van der Waals surface area contributed by atoms with Crippen LogP contribution in [0, 0.1) is 13.8 Å². The molecule has 0 saturated heterocycles. The number of alkyl carbamates (subject to hydrolysis) is 1. The number of aryl methyl sites for hydroxylation is 2. The highest BCUT2D eigenvalue weighted by atomic mass is 16.6. The van der Waals surface area contributed by atoms with Crippen molar-refractivity contribution in [3.63, 3.8) is 0 Å². The molecule has 0 radical (unpaired) electrons. The molecule has 0 saturated carbocycles. The second-order valence-electron chi connectivity index (χ2n) is 11.2. The average molecular weight is 476 g/mol. The molecular formula is C27H45N3O4. The quantitative estimate of drug-likeness (QED) is 0.542. The van der Waals surface area contributed by atoms with Crippen LogP contribution in [0.15, 0.2) is 18.2 Å². The van der Waals surface area contributed by atoms with Gasteiger partial charge in [0.2, 0.25) is 11.8 Å². The van der Waals surface area contributed by atoms with Crippen molar-refractivity contribution in [3.8, 4) is 0 Å². The normalized spacial score (nSPS) is 14.6. The van der Waals surface area contributed by atoms with Crippen molar-refractivity contribution in [3.05, 3.63) is 34.9 Å². The number of hydrogen-bond acceptors (Lipinski definition) is 4. The van der Waals surface area contributed by atoms with Crippen LogP contribution in [0.3, 0.4) is 0 Å². The molecule has 0 aromatic heterocycles. The maximum Gasteiger partial charge on any atom is 0.408 e. The van der Waals surface area contributed by atoms with Gasteiger partial charge < -0.3 is 20.3 Å². The molecule has 34 heavy (non-hydrogen) atoms. The van der Waals surface area contributed by atoms with Crippen molar-refractivity contribution >= 4 is 17.9 Å². The average Bonchev–Trinajstić information content (AvgIpc) is 2.65. The van der Waals surface area contributed by atoms with Crippen molar-refractivity contribution < 1.29 is 19.1 Å². The first kappa shape index (κ1) is 29.5. The standard InChI is InChI=1S/C27H45N3O4/c1-12-13-19(4)28-23(31)22(21-15-14-17(2)18(3)16-21)30(26(6,7)8)24(32)20(5)29-25(33)34-27(9,10)11/h14-16,19-20,22H,12-13H2,1-11H3,(H,28,31)(H,29,33). The summed E-state index contributed by atoms with van der Waals surface area (Å²) >= 11 is 0. The highest BCUT2D eigenvalue weighted by Crippen LogP contribution is 2.31. The summed E-state index contributed by atoms with van der Waals surface area (Å²) in [6.45, 7) is 20.6. The number of ether oxygens (including phenoxy) is 1. The molecule has 0 aliphatic heterocycles. The molecule has 192 valence electrons. The molecule has 3 unspecified atom stereocenters. The molecule has 7 nitrogen and oxygen atoms in total. The van der Waals surface area contributed by atoms with E-state index in [4.69, 9.17) is 4.74 Å². The van der Waals surface area contributed by atoms with Crippen molar-refractivity contribution in [2.45, 2.75) is 118 Å². The molecule has 1 rings (SSSR count). The minimum absolute atomic E-state index is 0.0271. The Morgan fingerprint density at radius 2 is 1.56 bits per heavy atom. The zero-order valence-electron chi connectivity index (χ0n) is 23.0. The van der Waals surface area contributed by atoms with Gasteiger partial charge in [-0.25, -0.2) is 4.79 Å². The van der Waals surface area contributed by atoms with Crippen LogP contribution in [-0.2, 0) is 14.3 Å². The summed E-state index contributed by atoms with van der Waals surface area (Å²) < 4.78 is 5.32. The first-order valence-corrected chi connectivity index (χ1v) is 12.2. The van der Waals surface area contributed by atoms with Gasteiger partial charge >= 0.3 is 6.09 Å². The third kappa shape index (κ3) is 8.65. The Bertz CT molecular complexity index is 868. The van der Waals surface area contributed by atoms with E-state index >= 15 is 0 Å². The van der Waals surface area contributed by atoms with E-state index in [1.54, 1.807) is 32.6 Å². The van der Waals surface area contributed by atoms with Gasteiger partial charge in [-0.1, -0.05) is 31.5 Å². The lowest BCUT2D eigenvalue weighted by Crippen LogP contribution is -2.58. The Balaban J connectivity index is 3.45. The predicted molar refractivity (Wildman–Crippen MR) is 137 cm³/mol. The van der Waals surface area contributed by atoms with E-state index in [2.05, 4.69) is 17.6 Å². The molecule has 0 fully saturated rings. The van der Waals surface area contributed by atoms with Crippen LogP contribution < -0.4 is 10.6 Å². The lowest BCUT2D eigenvalue weighted by atomic mass is 9.93. The molecule has 0 spiro atoms. The molecule has 1 aromatic carbocycles. The Hall–Kier alpha value is -2.57. The smallest absolute Gasteiger partial charge is 0.408 e. The van der Waals surface area contributed by atoms with E-state index in [0.717, 1.165) is 29.5 Å². The largest absolute Gasteiger partial charge is 0.444 e. The van der Waals surface area contributed by atoms with Crippen LogP contribution in [0.25, 0.3) is 0 Å². The van der Waals surface area contributed by atoms with Crippen LogP contribution in [0.5, 0.6) is 0 Å². The zero-order chi connectivity index (χ0) is 26.4. The van der Waals surface area contributed by atoms with Gasteiger partial charge in [-0.3, -0.25) is 9.59 Å². The van der Waals surface area contributed by atoms with Gasteiger partial charge in [-0.05, 0) is 92.3 Å². The van der Waals surface area contributed by atoms with E-state index in [1.807, 2.05) is 59.7 Å². The van der Waals surface area contributed by atoms with Crippen LogP contribution >= 0.6 is 0 Å². The minimum atomic E-state index is -0.885. The highest BCUT2D eigenvalue weighted by Gasteiger charge is 2.41. The lowest BCUT2D eigenvalue weighted by molar-refractivity contribution is -0.148. The van der Waals surface area contributed by atoms with Crippen molar-refractivity contribution in [2.24, 2.45) is 0 Å². The van der Waals surface area contributed by atoms with Gasteiger partial charge in [0, 0.05) is 11.6 Å². The Morgan fingerprint density at radius 1 is 0.971 bits per heavy atom. The summed E-state index contributed by atoms with van der Waals surface area (Å²) in [5.74, 6) is -0.600. The molecule has 0 aliphatic carbocycles. The number of benzene rings is 1. The van der Waals surface area contributed by atoms with Crippen LogP contribution in [0.2, 0.25) is 0 Å². The third-order valence-electron chi connectivity index (χ3n) is 5.53. The fourth-order valence-corrected chi connectivity index (χ4v) is 3.78. The second-order valence-corrected chi connectivity index (χ2v) is 11.2. The first-order chi connectivity index (χ1) is 15.5. The van der Waals surface area contributed by atoms with Crippen LogP contribution in [0.4, 0.5) is 4.79 Å². The maximum absolute atomic E-state index is 13.7. The molecule has 0 bridgehead atoms. The number of amides is 3. The Kier molecular flexibility index (Phi) is 10.2. The van der Waals surface area contributed by atoms with Crippen molar-refractivity contribution in [1.82, 2.24) is 15.5 Å². The number of carbonyl (C=O) groups excluding carboxylic acids is 3. The molecular weight excluding hydrogens is 430 g/mol. The van der Waals surface area contributed by atoms with Crippen LogP contribution in [-0.4, -0.2) is 46.0 Å². The molecule has 3 atom stereocenters. The topological polar surface area (TPSA) is 87.7 Å².